The first-order valence-electron chi connectivity index (χ1n) is 37.2. The number of nitrogens with zero attached hydrogens (tertiary/aromatic N) is 11. The van der Waals surface area contributed by atoms with Crippen LogP contribution in [0.2, 0.25) is 0 Å². The molecule has 33 heteroatoms. The molecule has 2 fully saturated rings. The van der Waals surface area contributed by atoms with Crippen LogP contribution in [0.15, 0.2) is 48.5 Å². The second-order valence-corrected chi connectivity index (χ2v) is 28.0. The minimum absolute atomic E-state index is 0.00460. The summed E-state index contributed by atoms with van der Waals surface area (Å²) in [5.74, 6) is -6.15. The maximum Gasteiger partial charge on any atom is 0.320 e. The predicted octanol–water partition coefficient (Wildman–Crippen LogP) is -3.17. The van der Waals surface area contributed by atoms with Crippen LogP contribution in [0.1, 0.15) is 149 Å². The summed E-state index contributed by atoms with van der Waals surface area (Å²) in [7, 11) is 0. The number of anilines is 5. The van der Waals surface area contributed by atoms with Gasteiger partial charge in [-0.1, -0.05) is 42.9 Å². The summed E-state index contributed by atoms with van der Waals surface area (Å²) in [6, 6.07) is 9.45. The van der Waals surface area contributed by atoms with Crippen molar-refractivity contribution < 1.29 is 88.8 Å². The number of hydrogen-bond acceptors (Lipinski definition) is 32. The number of nitrogens with two attached hydrogens (primary N) is 1. The number of aryl methyl sites for hydroxylation is 2. The van der Waals surface area contributed by atoms with E-state index in [9.17, 15) is 88.8 Å². The molecule has 0 spiro atoms. The lowest BCUT2D eigenvalue weighted by atomic mass is 10.0. The summed E-state index contributed by atoms with van der Waals surface area (Å²) in [4.78, 5) is 151. The Balaban J connectivity index is 1.33. The average molecular weight is 1500 g/mol. The van der Waals surface area contributed by atoms with Crippen LogP contribution >= 0.6 is 0 Å². The highest BCUT2D eigenvalue weighted by molar-refractivity contribution is 5.80. The Bertz CT molecular complexity index is 3320. The lowest BCUT2D eigenvalue weighted by Crippen LogP contribution is -2.58. The maximum atomic E-state index is 14.5. The van der Waals surface area contributed by atoms with Crippen LogP contribution in [0.25, 0.3) is 0 Å². The van der Waals surface area contributed by atoms with Crippen LogP contribution < -0.4 is 52.3 Å². The van der Waals surface area contributed by atoms with Crippen molar-refractivity contribution in [1.82, 2.24) is 54.2 Å². The molecule has 0 aliphatic carbocycles. The molecule has 107 heavy (non-hydrogen) atoms. The van der Waals surface area contributed by atoms with Crippen molar-refractivity contribution in [3.05, 3.63) is 59.7 Å². The van der Waals surface area contributed by atoms with Gasteiger partial charge in [-0.3, -0.25) is 29.3 Å². The van der Waals surface area contributed by atoms with Crippen molar-refractivity contribution >= 4 is 87.8 Å². The van der Waals surface area contributed by atoms with Gasteiger partial charge in [0, 0.05) is 179 Å². The zero-order valence-electron chi connectivity index (χ0n) is 62.9. The molecule has 1 aromatic heterocycles. The van der Waals surface area contributed by atoms with Crippen molar-refractivity contribution in [1.29, 1.82) is 0 Å². The van der Waals surface area contributed by atoms with Crippen molar-refractivity contribution in [2.24, 2.45) is 5.73 Å². The van der Waals surface area contributed by atoms with Gasteiger partial charge < -0.3 is 120 Å². The molecule has 0 bridgehead atoms. The van der Waals surface area contributed by atoms with Crippen molar-refractivity contribution in [3.63, 3.8) is 0 Å². The number of nitrogens with one attached hydrogen (secondary N) is 3. The van der Waals surface area contributed by atoms with Gasteiger partial charge in [0.2, 0.25) is 17.8 Å². The van der Waals surface area contributed by atoms with Gasteiger partial charge in [-0.25, -0.2) is 0 Å². The van der Waals surface area contributed by atoms with Crippen LogP contribution in [0.4, 0.5) is 29.2 Å². The third-order valence-corrected chi connectivity index (χ3v) is 19.6. The Morgan fingerprint density at radius 1 is 0.393 bits per heavy atom. The number of hydrogen-bond donors (Lipinski definition) is 6. The first kappa shape index (κ1) is 89.9. The monoisotopic (exact) mass is 1500 g/mol. The van der Waals surface area contributed by atoms with Crippen molar-refractivity contribution in [2.75, 3.05) is 134 Å². The molecule has 2 saturated heterocycles. The number of carbonyl (C=O) groups excluding carboxylic acids is 9. The smallest absolute Gasteiger partial charge is 0.320 e. The van der Waals surface area contributed by atoms with Crippen molar-refractivity contribution in [3.8, 4) is 0 Å². The van der Waals surface area contributed by atoms with Crippen LogP contribution in [-0.2, 0) is 60.8 Å². The molecule has 0 saturated carbocycles. The highest BCUT2D eigenvalue weighted by atomic mass is 16.4. The van der Waals surface area contributed by atoms with Gasteiger partial charge in [-0.05, 0) is 154 Å². The summed E-state index contributed by atoms with van der Waals surface area (Å²) in [5, 5.41) is 112. The molecule has 2 aliphatic rings. The Morgan fingerprint density at radius 2 is 0.673 bits per heavy atom. The number of aliphatic carboxylic acids is 4. The number of aromatic nitrogens is 3. The molecule has 8 unspecified atom stereocenters. The van der Waals surface area contributed by atoms with Crippen molar-refractivity contribution in [2.45, 2.75) is 200 Å². The number of benzene rings is 2. The first-order valence-corrected chi connectivity index (χ1v) is 37.2. The van der Waals surface area contributed by atoms with Crippen LogP contribution in [0.5, 0.6) is 0 Å². The second kappa shape index (κ2) is 47.2. The average Bonchev–Trinajstić information content (AvgIpc) is 0.843. The minimum Gasteiger partial charge on any atom is -0.841 e. The highest BCUT2D eigenvalue weighted by Gasteiger charge is 2.32. The predicted molar refractivity (Wildman–Crippen MR) is 385 cm³/mol. The molecule has 0 radical (unpaired) electrons. The normalized spacial score (nSPS) is 18.3. The fourth-order valence-corrected chi connectivity index (χ4v) is 13.1. The molecule has 3 aromatic rings. The number of aliphatic hydroxyl groups is 1. The van der Waals surface area contributed by atoms with Gasteiger partial charge >= 0.3 is 5.97 Å². The van der Waals surface area contributed by atoms with E-state index in [4.69, 9.17) is 5.73 Å². The molecule has 5 rings (SSSR count). The quantitative estimate of drug-likeness (QED) is 0.0304. The highest BCUT2D eigenvalue weighted by Crippen LogP contribution is 2.24. The third kappa shape index (κ3) is 33.3. The van der Waals surface area contributed by atoms with E-state index in [-0.39, 0.29) is 254 Å². The molecule has 2 aliphatic heterocycles. The zero-order valence-corrected chi connectivity index (χ0v) is 62.9. The second-order valence-electron chi connectivity index (χ2n) is 28.0. The van der Waals surface area contributed by atoms with Crippen LogP contribution in [-0.4, -0.2) is 290 Å². The molecule has 8 atom stereocenters. The van der Waals surface area contributed by atoms with E-state index in [1.165, 1.54) is 41.5 Å². The molecule has 2 aromatic carbocycles. The molecular weight excluding hydrogens is 1390 g/mol. The number of carboxylic acid groups (broad SMARTS) is 4. The Labute approximate surface area is 627 Å². The summed E-state index contributed by atoms with van der Waals surface area (Å²) in [6.07, 6.45) is -4.21. The Morgan fingerprint density at radius 3 is 1.01 bits per heavy atom. The zero-order chi connectivity index (χ0) is 78.7. The van der Waals surface area contributed by atoms with Crippen LogP contribution in [0.3, 0.4) is 0 Å². The van der Waals surface area contributed by atoms with Gasteiger partial charge in [0.05, 0.1) is 17.9 Å². The summed E-state index contributed by atoms with van der Waals surface area (Å²) < 4.78 is 0. The molecule has 7 N–H and O–H groups in total. The van der Waals surface area contributed by atoms with E-state index >= 15 is 0 Å². The van der Waals surface area contributed by atoms with E-state index in [1.807, 2.05) is 12.1 Å². The Kier molecular flexibility index (Phi) is 39.7. The topological polar surface area (TPSA) is 476 Å². The SMILES string of the molecule is CC(=O)CCC([O-])N1CCN(C(O)CCC(C)=O)CCN(C(CCC(C)=O)C(=O)[O-])CCN(C(CCc2ccc(Nc3nc(NCCCN)nc(Nc4ccc(CCC([O-])N5CCN(C([O-])CCC(C)=O)CCN(C(CCC(C)=O)C(=O)O)CCN(C(CCC(C)=O)C(=O)[O-])CC5)cc4)n3)cc2)C(=O)[O-])CC1. The number of rotatable bonds is 44. The summed E-state index contributed by atoms with van der Waals surface area (Å²) in [6.45, 7) is 9.65. The number of Topliss-reactive ketones (excluding diaryl/α,β-unsaturated/α-hetero) is 6. The Hall–Kier alpha value is -7.77. The van der Waals surface area contributed by atoms with E-state index in [2.05, 4.69) is 30.9 Å². The van der Waals surface area contributed by atoms with E-state index < -0.39 is 73.0 Å². The lowest BCUT2D eigenvalue weighted by Gasteiger charge is -2.44. The molecule has 596 valence electrons. The van der Waals surface area contributed by atoms with Gasteiger partial charge in [0.15, 0.2) is 0 Å². The number of aliphatic hydroxyl groups excluding tert-OH is 1. The van der Waals surface area contributed by atoms with E-state index in [0.29, 0.717) is 37.3 Å². The fraction of sp³-hybridized carbons (Fsp3) is 0.662. The first-order chi connectivity index (χ1) is 50.9. The summed E-state index contributed by atoms with van der Waals surface area (Å²) >= 11 is 0. The third-order valence-electron chi connectivity index (χ3n) is 19.6. The largest absolute Gasteiger partial charge is 0.841 e. The van der Waals surface area contributed by atoms with Gasteiger partial charge in [0.1, 0.15) is 47.0 Å². The van der Waals surface area contributed by atoms with Gasteiger partial charge in [-0.15, -0.1) is 0 Å². The maximum absolute atomic E-state index is 14.5. The molecule has 0 amide bonds. The molecule has 33 nitrogen and oxygen atoms in total. The summed E-state index contributed by atoms with van der Waals surface area (Å²) in [5.41, 5.74) is 8.48. The van der Waals surface area contributed by atoms with Crippen LogP contribution in [0, 0.1) is 0 Å². The van der Waals surface area contributed by atoms with E-state index in [1.54, 1.807) is 75.6 Å². The molecule has 3 heterocycles. The lowest BCUT2D eigenvalue weighted by molar-refractivity contribution is -0.466. The van der Waals surface area contributed by atoms with Gasteiger partial charge in [-0.2, -0.15) is 15.0 Å². The minimum atomic E-state index is -1.44. The fourth-order valence-electron chi connectivity index (χ4n) is 13.1. The standard InChI is InChI=1S/C74H114N15O18/c1-50(90)8-24-60(68(100)101)82-34-35-83(61(69(102)103)25-9-51(2)91)40-45-89(49-48-87(43-38-82)65(97)29-12-54(5)94)67(99)31-19-57-16-22-59(23-17-57)78-74-80-72(76-33-7-32-75)79-73(81-74)77-58-20-14-56(15-21-58)18-27-63(71(106)107)85-37-36-84(62(70(104)105)26-10-52(3)92)39-42-86(64(96)28-11-53(4)93)46-47-88(44-41-85)66(98)30-13-55(6)95/h14-17,20-23,60-67,96H,7-13,18-19,24-49,75H2,1-6H3,(H,100,101)(H,102,103)(H,104,105)(H,106,107)(H3,76,77,78,79,80,81)/q-3/p-3. The number of carboxylic acids is 4. The van der Waals surface area contributed by atoms with E-state index in [0.717, 1.165) is 11.1 Å². The molecular formula is C74H111N15O18-6. The number of ketones is 6. The van der Waals surface area contributed by atoms with Gasteiger partial charge in [0.25, 0.3) is 0 Å². The number of carbonyl (C=O) groups is 10.